The highest BCUT2D eigenvalue weighted by molar-refractivity contribution is 5.96. The Kier molecular flexibility index (Phi) is 6.34. The van der Waals surface area contributed by atoms with Crippen LogP contribution in [0.3, 0.4) is 0 Å². The molecule has 1 N–H and O–H groups in total. The molecule has 0 heterocycles. The summed E-state index contributed by atoms with van der Waals surface area (Å²) in [5.74, 6) is -0.634. The summed E-state index contributed by atoms with van der Waals surface area (Å²) in [5, 5.41) is 11.6. The normalized spacial score (nSPS) is 12.4. The number of nitriles is 1. The highest BCUT2D eigenvalue weighted by Gasteiger charge is 2.23. The molecule has 0 saturated carbocycles. The number of nitrogens with zero attached hydrogens (tertiary/aromatic N) is 1. The van der Waals surface area contributed by atoms with Gasteiger partial charge in [0, 0.05) is 0 Å². The molecule has 134 valence electrons. The summed E-state index contributed by atoms with van der Waals surface area (Å²) in [4.78, 5) is 24.3. The van der Waals surface area contributed by atoms with Gasteiger partial charge in [0.05, 0.1) is 11.3 Å². The molecule has 0 aliphatic carbocycles. The first kappa shape index (κ1) is 19.0. The highest BCUT2D eigenvalue weighted by atomic mass is 16.6. The maximum atomic E-state index is 12.2. The van der Waals surface area contributed by atoms with Crippen molar-refractivity contribution in [1.82, 2.24) is 0 Å². The molecular formula is C20H20N2O4. The Morgan fingerprint density at radius 3 is 2.35 bits per heavy atom. The van der Waals surface area contributed by atoms with Crippen LogP contribution in [-0.2, 0) is 14.3 Å². The number of nitrogens with one attached hydrogen (secondary N) is 1. The molecule has 0 aliphatic heterocycles. The average Bonchev–Trinajstić information content (AvgIpc) is 2.63. The first-order valence-electron chi connectivity index (χ1n) is 8.14. The van der Waals surface area contributed by atoms with E-state index in [2.05, 4.69) is 5.32 Å². The predicted octanol–water partition coefficient (Wildman–Crippen LogP) is 3.20. The number of carbonyl (C=O) groups is 2. The number of esters is 1. The number of aryl methyl sites for hydroxylation is 1. The quantitative estimate of drug-likeness (QED) is 0.807. The maximum Gasteiger partial charge on any atom is 0.347 e. The lowest BCUT2D eigenvalue weighted by Gasteiger charge is -2.18. The number of carbonyl (C=O) groups excluding carboxylic acids is 2. The second kappa shape index (κ2) is 8.67. The molecule has 6 nitrogen and oxygen atoms in total. The largest absolute Gasteiger partial charge is 0.479 e. The third kappa shape index (κ3) is 5.08. The number of hydrogen-bond donors (Lipinski definition) is 1. The van der Waals surface area contributed by atoms with E-state index in [1.54, 1.807) is 43.3 Å². The van der Waals surface area contributed by atoms with Gasteiger partial charge >= 0.3 is 5.97 Å². The number of amides is 1. The van der Waals surface area contributed by atoms with E-state index in [4.69, 9.17) is 14.7 Å². The van der Waals surface area contributed by atoms with Gasteiger partial charge in [-0.05, 0) is 45.0 Å². The van der Waals surface area contributed by atoms with Gasteiger partial charge in [0.15, 0.2) is 12.2 Å². The minimum Gasteiger partial charge on any atom is -0.479 e. The van der Waals surface area contributed by atoms with Gasteiger partial charge in [-0.15, -0.1) is 0 Å². The van der Waals surface area contributed by atoms with Gasteiger partial charge in [-0.2, -0.15) is 5.26 Å². The van der Waals surface area contributed by atoms with E-state index in [1.807, 2.05) is 25.1 Å². The Balaban J connectivity index is 1.92. The summed E-state index contributed by atoms with van der Waals surface area (Å²) < 4.78 is 10.7. The Morgan fingerprint density at radius 1 is 1.04 bits per heavy atom. The lowest BCUT2D eigenvalue weighted by atomic mass is 10.2. The van der Waals surface area contributed by atoms with Crippen LogP contribution in [0.4, 0.5) is 5.69 Å². The van der Waals surface area contributed by atoms with Gasteiger partial charge in [-0.1, -0.05) is 29.8 Å². The zero-order valence-electron chi connectivity index (χ0n) is 14.9. The smallest absolute Gasteiger partial charge is 0.347 e. The number of anilines is 1. The summed E-state index contributed by atoms with van der Waals surface area (Å²) in [5.41, 5.74) is 1.78. The van der Waals surface area contributed by atoms with E-state index < -0.39 is 24.1 Å². The first-order chi connectivity index (χ1) is 12.4. The standard InChI is InChI=1S/C20H20N2O4/c1-13-8-10-17(11-9-13)25-15(3)20(24)26-14(2)19(23)22-18-7-5-4-6-16(18)12-21/h4-11,14-15H,1-3H3,(H,22,23). The van der Waals surface area contributed by atoms with E-state index >= 15 is 0 Å². The van der Waals surface area contributed by atoms with Crippen LogP contribution in [-0.4, -0.2) is 24.1 Å². The van der Waals surface area contributed by atoms with Gasteiger partial charge in [0.2, 0.25) is 0 Å². The number of benzene rings is 2. The highest BCUT2D eigenvalue weighted by Crippen LogP contribution is 2.16. The molecule has 0 bridgehead atoms. The van der Waals surface area contributed by atoms with Crippen LogP contribution in [0.1, 0.15) is 25.0 Å². The van der Waals surface area contributed by atoms with Crippen molar-refractivity contribution in [1.29, 1.82) is 5.26 Å². The van der Waals surface area contributed by atoms with Gasteiger partial charge in [0.25, 0.3) is 5.91 Å². The summed E-state index contributed by atoms with van der Waals surface area (Å²) in [6, 6.07) is 15.8. The fourth-order valence-corrected chi connectivity index (χ4v) is 2.12. The SMILES string of the molecule is Cc1ccc(OC(C)C(=O)OC(C)C(=O)Nc2ccccc2C#N)cc1. The number of para-hydroxylation sites is 1. The topological polar surface area (TPSA) is 88.4 Å². The Bertz CT molecular complexity index is 824. The third-order valence-electron chi connectivity index (χ3n) is 3.63. The van der Waals surface area contributed by atoms with Crippen LogP contribution in [0.25, 0.3) is 0 Å². The molecule has 2 rings (SSSR count). The molecule has 0 fully saturated rings. The zero-order valence-corrected chi connectivity index (χ0v) is 14.9. The second-order valence-electron chi connectivity index (χ2n) is 5.80. The van der Waals surface area contributed by atoms with Crippen LogP contribution in [0.5, 0.6) is 5.75 Å². The lowest BCUT2D eigenvalue weighted by Crippen LogP contribution is -2.35. The molecule has 0 spiro atoms. The van der Waals surface area contributed by atoms with Crippen molar-refractivity contribution in [2.45, 2.75) is 33.0 Å². The molecule has 0 saturated heterocycles. The third-order valence-corrected chi connectivity index (χ3v) is 3.63. The lowest BCUT2D eigenvalue weighted by molar-refractivity contribution is -0.159. The molecule has 26 heavy (non-hydrogen) atoms. The number of hydrogen-bond acceptors (Lipinski definition) is 5. The minimum atomic E-state index is -1.03. The molecule has 1 amide bonds. The molecule has 2 unspecified atom stereocenters. The number of ether oxygens (including phenoxy) is 2. The van der Waals surface area contributed by atoms with Crippen LogP contribution >= 0.6 is 0 Å². The fraction of sp³-hybridized carbons (Fsp3) is 0.250. The zero-order chi connectivity index (χ0) is 19.1. The van der Waals surface area contributed by atoms with Crippen molar-refractivity contribution in [3.63, 3.8) is 0 Å². The van der Waals surface area contributed by atoms with Gasteiger partial charge in [0.1, 0.15) is 11.8 Å². The van der Waals surface area contributed by atoms with Crippen LogP contribution in [0.2, 0.25) is 0 Å². The molecule has 0 aliphatic rings. The minimum absolute atomic E-state index is 0.329. The van der Waals surface area contributed by atoms with Crippen molar-refractivity contribution in [2.75, 3.05) is 5.32 Å². The van der Waals surface area contributed by atoms with Crippen LogP contribution in [0.15, 0.2) is 48.5 Å². The summed E-state index contributed by atoms with van der Waals surface area (Å²) >= 11 is 0. The molecule has 6 heteroatoms. The number of rotatable bonds is 6. The van der Waals surface area contributed by atoms with E-state index in [-0.39, 0.29) is 0 Å². The van der Waals surface area contributed by atoms with Gasteiger partial charge in [-0.25, -0.2) is 4.79 Å². The Hall–Kier alpha value is -3.33. The second-order valence-corrected chi connectivity index (χ2v) is 5.80. The van der Waals surface area contributed by atoms with Crippen molar-refractivity contribution >= 4 is 17.6 Å². The van der Waals surface area contributed by atoms with E-state index in [0.29, 0.717) is 17.0 Å². The molecule has 2 aromatic rings. The molecule has 2 atom stereocenters. The van der Waals surface area contributed by atoms with Crippen molar-refractivity contribution < 1.29 is 19.1 Å². The molecular weight excluding hydrogens is 332 g/mol. The van der Waals surface area contributed by atoms with Gasteiger partial charge < -0.3 is 14.8 Å². The summed E-state index contributed by atoms with van der Waals surface area (Å²) in [6.45, 7) is 4.96. The van der Waals surface area contributed by atoms with E-state index in [1.165, 1.54) is 6.92 Å². The first-order valence-corrected chi connectivity index (χ1v) is 8.14. The summed E-state index contributed by atoms with van der Waals surface area (Å²) in [7, 11) is 0. The molecule has 0 aromatic heterocycles. The molecule has 2 aromatic carbocycles. The van der Waals surface area contributed by atoms with Crippen LogP contribution < -0.4 is 10.1 Å². The van der Waals surface area contributed by atoms with E-state index in [9.17, 15) is 9.59 Å². The van der Waals surface area contributed by atoms with E-state index in [0.717, 1.165) is 5.56 Å². The molecule has 0 radical (unpaired) electrons. The average molecular weight is 352 g/mol. The van der Waals surface area contributed by atoms with Crippen molar-refractivity contribution in [3.8, 4) is 11.8 Å². The van der Waals surface area contributed by atoms with Gasteiger partial charge in [-0.3, -0.25) is 4.79 Å². The van der Waals surface area contributed by atoms with Crippen molar-refractivity contribution in [3.05, 3.63) is 59.7 Å². The Morgan fingerprint density at radius 2 is 1.69 bits per heavy atom. The van der Waals surface area contributed by atoms with Crippen LogP contribution in [0, 0.1) is 18.3 Å². The Labute approximate surface area is 152 Å². The predicted molar refractivity (Wildman–Crippen MR) is 96.6 cm³/mol. The monoisotopic (exact) mass is 352 g/mol. The van der Waals surface area contributed by atoms with Crippen molar-refractivity contribution in [2.24, 2.45) is 0 Å². The fourth-order valence-electron chi connectivity index (χ4n) is 2.12. The summed E-state index contributed by atoms with van der Waals surface area (Å²) in [6.07, 6.45) is -1.89. The maximum absolute atomic E-state index is 12.2.